The van der Waals surface area contributed by atoms with Gasteiger partial charge in [0.15, 0.2) is 0 Å². The first-order chi connectivity index (χ1) is 24.5. The summed E-state index contributed by atoms with van der Waals surface area (Å²) in [6.07, 6.45) is 1.88. The highest BCUT2D eigenvalue weighted by Gasteiger charge is 2.30. The molecule has 1 heterocycles. The molecule has 4 amide bonds. The number of aliphatic hydroxyl groups is 1. The number of piperidine rings is 1. The van der Waals surface area contributed by atoms with E-state index in [9.17, 15) is 33.1 Å². The lowest BCUT2D eigenvalue weighted by Gasteiger charge is -2.35. The lowest BCUT2D eigenvalue weighted by molar-refractivity contribution is -0.122. The average Bonchev–Trinajstić information content (AvgIpc) is 3.06. The Morgan fingerprint density at radius 3 is 2.13 bits per heavy atom. The summed E-state index contributed by atoms with van der Waals surface area (Å²) in [5, 5.41) is 17.0. The van der Waals surface area contributed by atoms with Gasteiger partial charge >= 0.3 is 6.09 Å². The Hall–Kier alpha value is -4.06. The smallest absolute Gasteiger partial charge is 0.410 e. The fourth-order valence-electron chi connectivity index (χ4n) is 6.66. The summed E-state index contributed by atoms with van der Waals surface area (Å²) in [5.74, 6) is -2.13. The fourth-order valence-corrected chi connectivity index (χ4v) is 6.66. The number of hydrogen-bond donors (Lipinski definition) is 3. The molecule has 1 unspecified atom stereocenters. The van der Waals surface area contributed by atoms with Gasteiger partial charge in [0, 0.05) is 56.3 Å². The Bertz CT molecular complexity index is 1500. The Morgan fingerprint density at radius 2 is 1.56 bits per heavy atom. The van der Waals surface area contributed by atoms with Gasteiger partial charge in [-0.25, -0.2) is 13.6 Å². The zero-order chi connectivity index (χ0) is 38.6. The molecule has 0 saturated carbocycles. The van der Waals surface area contributed by atoms with Crippen LogP contribution in [0.15, 0.2) is 36.4 Å². The molecule has 0 spiro atoms. The third-order valence-electron chi connectivity index (χ3n) is 9.29. The highest BCUT2D eigenvalue weighted by atomic mass is 19.1. The lowest BCUT2D eigenvalue weighted by atomic mass is 9.83. The molecule has 0 aliphatic carbocycles. The number of ether oxygens (including phenoxy) is 1. The van der Waals surface area contributed by atoms with Crippen LogP contribution in [0.4, 0.5) is 13.6 Å². The van der Waals surface area contributed by atoms with Crippen LogP contribution < -0.4 is 10.6 Å². The van der Waals surface area contributed by atoms with Crippen molar-refractivity contribution in [3.63, 3.8) is 0 Å². The summed E-state index contributed by atoms with van der Waals surface area (Å²) >= 11 is 0. The first-order valence-corrected chi connectivity index (χ1v) is 18.6. The summed E-state index contributed by atoms with van der Waals surface area (Å²) in [7, 11) is 0. The highest BCUT2D eigenvalue weighted by molar-refractivity contribution is 6.00. The number of carbonyl (C=O) groups excluding carboxylic acids is 4. The molecule has 1 aliphatic heterocycles. The van der Waals surface area contributed by atoms with Gasteiger partial charge in [-0.15, -0.1) is 0 Å². The third kappa shape index (κ3) is 13.5. The van der Waals surface area contributed by atoms with Crippen molar-refractivity contribution in [2.75, 3.05) is 32.7 Å². The Balaban J connectivity index is 1.63. The van der Waals surface area contributed by atoms with Gasteiger partial charge in [-0.3, -0.25) is 14.4 Å². The zero-order valence-corrected chi connectivity index (χ0v) is 31.9. The molecule has 3 rings (SSSR count). The number of amides is 4. The molecule has 2 aromatic carbocycles. The second-order valence-electron chi connectivity index (χ2n) is 15.1. The third-order valence-corrected chi connectivity index (χ3v) is 9.29. The van der Waals surface area contributed by atoms with Crippen molar-refractivity contribution < 1.29 is 37.8 Å². The number of aryl methyl sites for hydroxylation is 1. The van der Waals surface area contributed by atoms with E-state index >= 15 is 0 Å². The van der Waals surface area contributed by atoms with Crippen LogP contribution >= 0.6 is 0 Å². The van der Waals surface area contributed by atoms with Gasteiger partial charge in [-0.2, -0.15) is 0 Å². The Morgan fingerprint density at radius 1 is 0.962 bits per heavy atom. The van der Waals surface area contributed by atoms with Crippen molar-refractivity contribution >= 4 is 23.8 Å². The van der Waals surface area contributed by atoms with Crippen LogP contribution in [0.1, 0.15) is 112 Å². The average molecular weight is 729 g/mol. The van der Waals surface area contributed by atoms with Crippen LogP contribution in [-0.2, 0) is 16.0 Å². The van der Waals surface area contributed by atoms with Crippen molar-refractivity contribution in [1.82, 2.24) is 20.4 Å². The molecule has 52 heavy (non-hydrogen) atoms. The topological polar surface area (TPSA) is 128 Å². The normalized spacial score (nSPS) is 15.4. The van der Waals surface area contributed by atoms with Crippen LogP contribution in [-0.4, -0.2) is 89.2 Å². The molecule has 3 N–H and O–H groups in total. The molecule has 3 atom stereocenters. The molecule has 1 fully saturated rings. The van der Waals surface area contributed by atoms with Crippen molar-refractivity contribution in [3.05, 3.63) is 70.3 Å². The first-order valence-electron chi connectivity index (χ1n) is 18.6. The number of hydrogen-bond acceptors (Lipinski definition) is 6. The van der Waals surface area contributed by atoms with E-state index in [1.807, 2.05) is 41.5 Å². The number of carbonyl (C=O) groups is 4. The maximum atomic E-state index is 14.1. The minimum Gasteiger partial charge on any atom is -0.444 e. The Labute approximate surface area is 307 Å². The Kier molecular flexibility index (Phi) is 16.0. The molecular weight excluding hydrogens is 670 g/mol. The van der Waals surface area contributed by atoms with Crippen molar-refractivity contribution in [2.45, 2.75) is 111 Å². The molecule has 12 heteroatoms. The predicted octanol–water partition coefficient (Wildman–Crippen LogP) is 6.42. The molecule has 10 nitrogen and oxygen atoms in total. The standard InChI is InChI=1S/C40H58F2N4O6/c1-8-14-45(15-9-2)38(50)31-19-26(3)18-30(24-31)37(49)44-34(23-28-21-32(41)25-33(42)22-28)35(47)10-13-43-36(48)20-27(4)29-11-16-46(17-12-29)39(51)52-40(5,6)7/h18-19,21-22,24-25,27,29,34-35,47H,8-17,20,23H2,1-7H3,(H,43,48)(H,44,49)/t27?,34-,35+/m0/s1. The summed E-state index contributed by atoms with van der Waals surface area (Å²) in [6.45, 7) is 15.7. The molecule has 1 aliphatic rings. The van der Waals surface area contributed by atoms with E-state index in [1.165, 1.54) is 6.07 Å². The first kappa shape index (κ1) is 42.4. The molecule has 2 aromatic rings. The number of nitrogens with zero attached hydrogens (tertiary/aromatic N) is 2. The van der Waals surface area contributed by atoms with Crippen molar-refractivity contribution in [1.29, 1.82) is 0 Å². The van der Waals surface area contributed by atoms with E-state index in [0.717, 1.165) is 43.9 Å². The number of halogens is 2. The predicted molar refractivity (Wildman–Crippen MR) is 197 cm³/mol. The second kappa shape index (κ2) is 19.7. The van der Waals surface area contributed by atoms with E-state index in [-0.39, 0.29) is 66.7 Å². The quantitative estimate of drug-likeness (QED) is 0.183. The highest BCUT2D eigenvalue weighted by Crippen LogP contribution is 2.28. The lowest BCUT2D eigenvalue weighted by Crippen LogP contribution is -2.46. The van der Waals surface area contributed by atoms with E-state index in [0.29, 0.717) is 37.3 Å². The number of aliphatic hydroxyl groups excluding tert-OH is 1. The van der Waals surface area contributed by atoms with E-state index < -0.39 is 35.3 Å². The van der Waals surface area contributed by atoms with Gasteiger partial charge in [-0.05, 0) is 120 Å². The van der Waals surface area contributed by atoms with E-state index in [4.69, 9.17) is 4.74 Å². The molecule has 1 saturated heterocycles. The molecular formula is C40H58F2N4O6. The number of rotatable bonds is 16. The monoisotopic (exact) mass is 728 g/mol. The molecule has 0 radical (unpaired) electrons. The van der Waals surface area contributed by atoms with Gasteiger partial charge in [0.2, 0.25) is 5.91 Å². The number of nitrogens with one attached hydrogen (secondary N) is 2. The SMILES string of the molecule is CCCN(CCC)C(=O)c1cc(C)cc(C(=O)N[C@@H](Cc2cc(F)cc(F)c2)[C@H](O)CCNC(=O)CC(C)C2CCN(C(=O)OC(C)(C)C)CC2)c1. The van der Waals surface area contributed by atoms with Crippen molar-refractivity contribution in [3.8, 4) is 0 Å². The summed E-state index contributed by atoms with van der Waals surface area (Å²) in [6, 6.07) is 6.98. The minimum absolute atomic E-state index is 0.0672. The van der Waals surface area contributed by atoms with Gasteiger partial charge < -0.3 is 30.3 Å². The van der Waals surface area contributed by atoms with E-state index in [2.05, 4.69) is 10.6 Å². The van der Waals surface area contributed by atoms with Gasteiger partial charge in [-0.1, -0.05) is 20.8 Å². The number of likely N-dealkylation sites (tertiary alicyclic amines) is 1. The van der Waals surface area contributed by atoms with Gasteiger partial charge in [0.1, 0.15) is 17.2 Å². The van der Waals surface area contributed by atoms with Crippen LogP contribution in [0.25, 0.3) is 0 Å². The molecule has 0 aromatic heterocycles. The minimum atomic E-state index is -1.18. The van der Waals surface area contributed by atoms with Crippen molar-refractivity contribution in [2.24, 2.45) is 11.8 Å². The van der Waals surface area contributed by atoms with Crippen LogP contribution in [0.5, 0.6) is 0 Å². The largest absolute Gasteiger partial charge is 0.444 e. The summed E-state index contributed by atoms with van der Waals surface area (Å²) < 4.78 is 33.7. The van der Waals surface area contributed by atoms with E-state index in [1.54, 1.807) is 28.9 Å². The maximum Gasteiger partial charge on any atom is 0.410 e. The maximum absolute atomic E-state index is 14.1. The fraction of sp³-hybridized carbons (Fsp3) is 0.600. The van der Waals surface area contributed by atoms with Crippen LogP contribution in [0, 0.1) is 30.4 Å². The number of benzene rings is 2. The molecule has 288 valence electrons. The summed E-state index contributed by atoms with van der Waals surface area (Å²) in [4.78, 5) is 55.7. The van der Waals surface area contributed by atoms with Gasteiger partial charge in [0.05, 0.1) is 12.1 Å². The molecule has 0 bridgehead atoms. The second-order valence-corrected chi connectivity index (χ2v) is 15.1. The van der Waals surface area contributed by atoms with Crippen LogP contribution in [0.2, 0.25) is 0 Å². The van der Waals surface area contributed by atoms with Gasteiger partial charge in [0.25, 0.3) is 11.8 Å². The summed E-state index contributed by atoms with van der Waals surface area (Å²) in [5.41, 5.74) is 0.985. The zero-order valence-electron chi connectivity index (χ0n) is 31.9. The van der Waals surface area contributed by atoms with Crippen LogP contribution in [0.3, 0.4) is 0 Å².